The summed E-state index contributed by atoms with van der Waals surface area (Å²) in [7, 11) is 0. The quantitative estimate of drug-likeness (QED) is 0.671. The van der Waals surface area contributed by atoms with Crippen molar-refractivity contribution in [2.24, 2.45) is 0 Å². The van der Waals surface area contributed by atoms with E-state index >= 15 is 0 Å². The smallest absolute Gasteiger partial charge is 0.111 e. The molecule has 2 aromatic heterocycles. The maximum absolute atomic E-state index is 4.22. The van der Waals surface area contributed by atoms with E-state index < -0.39 is 0 Å². The van der Waals surface area contributed by atoms with Gasteiger partial charge in [-0.1, -0.05) is 6.92 Å². The molecule has 1 N–H and O–H groups in total. The van der Waals surface area contributed by atoms with Gasteiger partial charge in [0.2, 0.25) is 0 Å². The number of rotatable bonds is 1. The summed E-state index contributed by atoms with van der Waals surface area (Å²) < 4.78 is 0. The number of fused-ring (bicyclic) bond motifs is 1. The van der Waals surface area contributed by atoms with Crippen LogP contribution in [-0.2, 0) is 6.42 Å². The van der Waals surface area contributed by atoms with Crippen LogP contribution in [0.4, 0.5) is 0 Å². The molecule has 0 radical (unpaired) electrons. The highest BCUT2D eigenvalue weighted by atomic mass is 15.1. The normalized spacial score (nSPS) is 10.6. The van der Waals surface area contributed by atoms with Crippen molar-refractivity contribution in [2.75, 3.05) is 0 Å². The van der Waals surface area contributed by atoms with Crippen molar-refractivity contribution >= 4 is 11.0 Å². The second-order valence-corrected chi connectivity index (χ2v) is 2.43. The van der Waals surface area contributed by atoms with Crippen LogP contribution >= 0.6 is 0 Å². The molecule has 0 aliphatic heterocycles. The van der Waals surface area contributed by atoms with E-state index in [-0.39, 0.29) is 1.43 Å². The van der Waals surface area contributed by atoms with E-state index in [9.17, 15) is 0 Å². The fourth-order valence-electron chi connectivity index (χ4n) is 1.15. The molecule has 0 unspecified atom stereocenters. The fraction of sp³-hybridized carbons (Fsp3) is 0.250. The minimum Gasteiger partial charge on any atom is -0.280 e. The molecule has 11 heavy (non-hydrogen) atoms. The van der Waals surface area contributed by atoms with Gasteiger partial charge in [-0.3, -0.25) is 10.1 Å². The predicted molar refractivity (Wildman–Crippen MR) is 45.4 cm³/mol. The molecule has 0 fully saturated rings. The van der Waals surface area contributed by atoms with Crippen molar-refractivity contribution in [1.82, 2.24) is 15.2 Å². The van der Waals surface area contributed by atoms with Crippen LogP contribution in [0.1, 0.15) is 14.0 Å². The van der Waals surface area contributed by atoms with Crippen LogP contribution < -0.4 is 0 Å². The Morgan fingerprint density at radius 2 is 2.55 bits per heavy atom. The third kappa shape index (κ3) is 0.888. The topological polar surface area (TPSA) is 41.6 Å². The highest BCUT2D eigenvalue weighted by molar-refractivity contribution is 5.76. The number of hydrogen-bond donors (Lipinski definition) is 1. The van der Waals surface area contributed by atoms with Gasteiger partial charge in [-0.05, 0) is 18.6 Å². The summed E-state index contributed by atoms with van der Waals surface area (Å²) in [4.78, 5) is 4.22. The molecule has 0 amide bonds. The SMILES string of the molecule is CCc1[nH]nc2cccnc12.[HH]. The number of nitrogens with zero attached hydrogens (tertiary/aromatic N) is 2. The summed E-state index contributed by atoms with van der Waals surface area (Å²) in [5, 5.41) is 7.05. The maximum atomic E-state index is 4.22. The molecule has 58 valence electrons. The second-order valence-electron chi connectivity index (χ2n) is 2.43. The lowest BCUT2D eigenvalue weighted by Gasteiger charge is -1.88. The van der Waals surface area contributed by atoms with Crippen LogP contribution in [-0.4, -0.2) is 15.2 Å². The molecule has 0 saturated carbocycles. The van der Waals surface area contributed by atoms with Crippen LogP contribution in [0, 0.1) is 0 Å². The summed E-state index contributed by atoms with van der Waals surface area (Å²) in [5.74, 6) is 0. The van der Waals surface area contributed by atoms with E-state index in [4.69, 9.17) is 0 Å². The van der Waals surface area contributed by atoms with Crippen molar-refractivity contribution < 1.29 is 1.43 Å². The monoisotopic (exact) mass is 149 g/mol. The summed E-state index contributed by atoms with van der Waals surface area (Å²) in [6, 6.07) is 3.85. The lowest BCUT2D eigenvalue weighted by Crippen LogP contribution is -1.81. The molecule has 0 aliphatic carbocycles. The van der Waals surface area contributed by atoms with Crippen molar-refractivity contribution in [1.29, 1.82) is 0 Å². The maximum Gasteiger partial charge on any atom is 0.111 e. The first-order valence-corrected chi connectivity index (χ1v) is 3.70. The van der Waals surface area contributed by atoms with Gasteiger partial charge in [-0.15, -0.1) is 0 Å². The van der Waals surface area contributed by atoms with Gasteiger partial charge in [-0.2, -0.15) is 5.10 Å². The van der Waals surface area contributed by atoms with Crippen LogP contribution in [0.5, 0.6) is 0 Å². The Bertz CT molecular complexity index is 369. The molecular weight excluding hydrogens is 138 g/mol. The van der Waals surface area contributed by atoms with E-state index in [2.05, 4.69) is 22.1 Å². The van der Waals surface area contributed by atoms with Gasteiger partial charge in [0.25, 0.3) is 0 Å². The van der Waals surface area contributed by atoms with Gasteiger partial charge >= 0.3 is 0 Å². The van der Waals surface area contributed by atoms with Gasteiger partial charge in [-0.25, -0.2) is 0 Å². The first kappa shape index (κ1) is 6.34. The highest BCUT2D eigenvalue weighted by Crippen LogP contribution is 2.11. The van der Waals surface area contributed by atoms with Gasteiger partial charge in [0.05, 0.1) is 5.69 Å². The number of aryl methyl sites for hydroxylation is 1. The molecule has 0 spiro atoms. The third-order valence-corrected chi connectivity index (χ3v) is 1.74. The van der Waals surface area contributed by atoms with Crippen LogP contribution in [0.25, 0.3) is 11.0 Å². The summed E-state index contributed by atoms with van der Waals surface area (Å²) >= 11 is 0. The first-order chi connectivity index (χ1) is 5.42. The average molecular weight is 149 g/mol. The third-order valence-electron chi connectivity index (χ3n) is 1.74. The number of hydrogen-bond acceptors (Lipinski definition) is 2. The molecule has 3 nitrogen and oxygen atoms in total. The zero-order valence-electron chi connectivity index (χ0n) is 6.33. The molecule has 0 atom stereocenters. The van der Waals surface area contributed by atoms with Gasteiger partial charge in [0.15, 0.2) is 0 Å². The predicted octanol–water partition coefficient (Wildman–Crippen LogP) is 1.77. The Hall–Kier alpha value is -1.38. The summed E-state index contributed by atoms with van der Waals surface area (Å²) in [6.07, 6.45) is 2.74. The Morgan fingerprint density at radius 3 is 3.36 bits per heavy atom. The van der Waals surface area contributed by atoms with Crippen LogP contribution in [0.2, 0.25) is 0 Å². The van der Waals surface area contributed by atoms with Crippen molar-refractivity contribution in [2.45, 2.75) is 13.3 Å². The second kappa shape index (κ2) is 2.34. The molecule has 3 heteroatoms. The van der Waals surface area contributed by atoms with E-state index in [1.807, 2.05) is 12.1 Å². The minimum atomic E-state index is 0. The molecule has 0 bridgehead atoms. The Labute approximate surface area is 65.9 Å². The highest BCUT2D eigenvalue weighted by Gasteiger charge is 2.01. The number of aromatic amines is 1. The molecule has 0 aliphatic rings. The molecule has 2 heterocycles. The first-order valence-electron chi connectivity index (χ1n) is 3.70. The van der Waals surface area contributed by atoms with E-state index in [1.54, 1.807) is 6.20 Å². The summed E-state index contributed by atoms with van der Waals surface area (Å²) in [6.45, 7) is 2.08. The average Bonchev–Trinajstić information content (AvgIpc) is 2.47. The number of H-pyrrole nitrogens is 1. The van der Waals surface area contributed by atoms with Crippen LogP contribution in [0.3, 0.4) is 0 Å². The lowest BCUT2D eigenvalue weighted by molar-refractivity contribution is 0.985. The molecule has 2 rings (SSSR count). The van der Waals surface area contributed by atoms with E-state index in [0.29, 0.717) is 0 Å². The minimum absolute atomic E-state index is 0. The Balaban J connectivity index is 0.000000720. The zero-order valence-corrected chi connectivity index (χ0v) is 6.33. The lowest BCUT2D eigenvalue weighted by atomic mass is 10.3. The number of pyridine rings is 1. The fourth-order valence-corrected chi connectivity index (χ4v) is 1.15. The molecular formula is C8H11N3. The Morgan fingerprint density at radius 1 is 1.64 bits per heavy atom. The molecule has 2 aromatic rings. The van der Waals surface area contributed by atoms with Gasteiger partial charge in [0, 0.05) is 7.62 Å². The zero-order chi connectivity index (χ0) is 7.68. The van der Waals surface area contributed by atoms with E-state index in [0.717, 1.165) is 23.1 Å². The van der Waals surface area contributed by atoms with Gasteiger partial charge < -0.3 is 0 Å². The number of aromatic nitrogens is 3. The largest absolute Gasteiger partial charge is 0.280 e. The summed E-state index contributed by atoms with van der Waals surface area (Å²) in [5.41, 5.74) is 3.06. The van der Waals surface area contributed by atoms with Gasteiger partial charge in [0.1, 0.15) is 11.0 Å². The van der Waals surface area contributed by atoms with Crippen molar-refractivity contribution in [3.05, 3.63) is 24.0 Å². The Kier molecular flexibility index (Phi) is 1.35. The standard InChI is InChI=1S/C8H9N3.H2/c1-2-6-8-7(11-10-6)4-3-5-9-8;/h3-5H,2H2,1H3,(H,10,11);1H. The van der Waals surface area contributed by atoms with Crippen LogP contribution in [0.15, 0.2) is 18.3 Å². The van der Waals surface area contributed by atoms with E-state index in [1.165, 1.54) is 0 Å². The molecule has 0 aromatic carbocycles. The molecule has 0 saturated heterocycles. The van der Waals surface area contributed by atoms with Crippen molar-refractivity contribution in [3.8, 4) is 0 Å². The number of nitrogens with one attached hydrogen (secondary N) is 1. The van der Waals surface area contributed by atoms with Crippen molar-refractivity contribution in [3.63, 3.8) is 0 Å².